The number of nitrogens with zero attached hydrogens (tertiary/aromatic N) is 3. The number of carbonyl (C=O) groups excluding carboxylic acids is 1. The molecule has 4 rings (SSSR count). The van der Waals surface area contributed by atoms with E-state index in [0.717, 1.165) is 35.2 Å². The smallest absolute Gasteiger partial charge is 0.337 e. The second-order valence-electron chi connectivity index (χ2n) is 6.75. The molecule has 1 aliphatic carbocycles. The van der Waals surface area contributed by atoms with Crippen molar-refractivity contribution in [1.82, 2.24) is 14.5 Å². The van der Waals surface area contributed by atoms with Gasteiger partial charge in [0.25, 0.3) is 0 Å². The first-order chi connectivity index (χ1) is 13.2. The van der Waals surface area contributed by atoms with Gasteiger partial charge in [-0.3, -0.25) is 4.98 Å². The molecule has 1 aromatic carbocycles. The van der Waals surface area contributed by atoms with Gasteiger partial charge in [0.1, 0.15) is 11.4 Å². The van der Waals surface area contributed by atoms with Gasteiger partial charge in [0.05, 0.1) is 37.0 Å². The molecule has 6 nitrogen and oxygen atoms in total. The molecule has 27 heavy (non-hydrogen) atoms. The molecule has 1 aliphatic rings. The average Bonchev–Trinajstić information content (AvgIpc) is 3.46. The van der Waals surface area contributed by atoms with Gasteiger partial charge >= 0.3 is 5.97 Å². The van der Waals surface area contributed by atoms with Gasteiger partial charge in [-0.15, -0.1) is 0 Å². The lowest BCUT2D eigenvalue weighted by Crippen LogP contribution is -2.02. The molecule has 0 amide bonds. The zero-order valence-corrected chi connectivity index (χ0v) is 15.4. The van der Waals surface area contributed by atoms with Gasteiger partial charge in [-0.25, -0.2) is 9.78 Å². The molecule has 0 atom stereocenters. The first-order valence-corrected chi connectivity index (χ1v) is 8.95. The highest BCUT2D eigenvalue weighted by atomic mass is 16.5. The Bertz CT molecular complexity index is 959. The van der Waals surface area contributed by atoms with Crippen LogP contribution in [0, 0.1) is 5.92 Å². The highest BCUT2D eigenvalue weighted by Crippen LogP contribution is 2.32. The van der Waals surface area contributed by atoms with E-state index in [2.05, 4.69) is 9.97 Å². The summed E-state index contributed by atoms with van der Waals surface area (Å²) in [7, 11) is 3.30. The van der Waals surface area contributed by atoms with Crippen LogP contribution in [0.4, 0.5) is 0 Å². The van der Waals surface area contributed by atoms with Crippen molar-refractivity contribution in [3.8, 4) is 28.4 Å². The van der Waals surface area contributed by atoms with Crippen molar-refractivity contribution in [3.63, 3.8) is 0 Å². The molecule has 1 saturated carbocycles. The summed E-state index contributed by atoms with van der Waals surface area (Å²) in [5.74, 6) is 1.20. The summed E-state index contributed by atoms with van der Waals surface area (Å²) in [6.07, 6.45) is 5.88. The molecule has 138 valence electrons. The zero-order valence-electron chi connectivity index (χ0n) is 15.4. The summed E-state index contributed by atoms with van der Waals surface area (Å²) in [6.45, 7) is 0.792. The van der Waals surface area contributed by atoms with Crippen LogP contribution >= 0.6 is 0 Å². The van der Waals surface area contributed by atoms with Crippen molar-refractivity contribution < 1.29 is 14.3 Å². The Hall–Kier alpha value is -3.15. The first-order valence-electron chi connectivity index (χ1n) is 8.95. The molecule has 2 aromatic heterocycles. The Balaban J connectivity index is 1.64. The Labute approximate surface area is 157 Å². The van der Waals surface area contributed by atoms with Crippen LogP contribution in [-0.2, 0) is 11.8 Å². The van der Waals surface area contributed by atoms with Crippen LogP contribution in [0.25, 0.3) is 22.6 Å². The molecule has 6 heteroatoms. The molecule has 0 unspecified atom stereocenters. The van der Waals surface area contributed by atoms with Crippen molar-refractivity contribution in [3.05, 3.63) is 54.5 Å². The summed E-state index contributed by atoms with van der Waals surface area (Å²) >= 11 is 0. The zero-order chi connectivity index (χ0) is 18.8. The number of aromatic nitrogens is 3. The molecule has 0 saturated heterocycles. The summed E-state index contributed by atoms with van der Waals surface area (Å²) in [5, 5.41) is 0. The second kappa shape index (κ2) is 7.23. The fourth-order valence-corrected chi connectivity index (χ4v) is 2.97. The van der Waals surface area contributed by atoms with Crippen LogP contribution in [0.15, 0.2) is 48.9 Å². The molecular weight excluding hydrogens is 342 g/mol. The third-order valence-corrected chi connectivity index (χ3v) is 4.67. The van der Waals surface area contributed by atoms with Crippen molar-refractivity contribution in [2.24, 2.45) is 13.0 Å². The van der Waals surface area contributed by atoms with Crippen LogP contribution in [0.5, 0.6) is 5.75 Å². The van der Waals surface area contributed by atoms with E-state index in [0.29, 0.717) is 11.3 Å². The summed E-state index contributed by atoms with van der Waals surface area (Å²) in [4.78, 5) is 20.7. The minimum Gasteiger partial charge on any atom is -0.493 e. The number of benzene rings is 1. The quantitative estimate of drug-likeness (QED) is 0.625. The van der Waals surface area contributed by atoms with Crippen LogP contribution in [0.2, 0.25) is 0 Å². The van der Waals surface area contributed by atoms with E-state index in [1.54, 1.807) is 24.7 Å². The summed E-state index contributed by atoms with van der Waals surface area (Å²) in [6, 6.07) is 11.3. The largest absolute Gasteiger partial charge is 0.493 e. The SMILES string of the molecule is COC(=O)c1ccnc(-c2ncn(C)c2-c2ccc(OCC3CC3)cc2)c1. The average molecular weight is 363 g/mol. The lowest BCUT2D eigenvalue weighted by Gasteiger charge is -2.09. The van der Waals surface area contributed by atoms with E-state index in [-0.39, 0.29) is 0 Å². The number of imidazole rings is 1. The van der Waals surface area contributed by atoms with Crippen molar-refractivity contribution >= 4 is 5.97 Å². The Morgan fingerprint density at radius 3 is 2.67 bits per heavy atom. The third kappa shape index (κ3) is 3.69. The number of rotatable bonds is 6. The lowest BCUT2D eigenvalue weighted by molar-refractivity contribution is 0.0600. The number of pyridine rings is 1. The van der Waals surface area contributed by atoms with Gasteiger partial charge in [-0.1, -0.05) is 0 Å². The van der Waals surface area contributed by atoms with Crippen LogP contribution in [-0.4, -0.2) is 34.2 Å². The minimum atomic E-state index is -0.395. The van der Waals surface area contributed by atoms with Crippen LogP contribution in [0.3, 0.4) is 0 Å². The van der Waals surface area contributed by atoms with E-state index in [9.17, 15) is 4.79 Å². The topological polar surface area (TPSA) is 66.2 Å². The highest BCUT2D eigenvalue weighted by molar-refractivity contribution is 5.91. The predicted octanol–water partition coefficient (Wildman–Crippen LogP) is 3.72. The number of hydrogen-bond donors (Lipinski definition) is 0. The number of esters is 1. The molecule has 3 aromatic rings. The standard InChI is InChI=1S/C21H21N3O3/c1-24-13-23-19(18-11-16(9-10-22-18)21(25)26-2)20(24)15-5-7-17(8-6-15)27-12-14-3-4-14/h5-11,13-14H,3-4,12H2,1-2H3. The Morgan fingerprint density at radius 2 is 1.96 bits per heavy atom. The lowest BCUT2D eigenvalue weighted by atomic mass is 10.1. The van der Waals surface area contributed by atoms with Gasteiger partial charge < -0.3 is 14.0 Å². The highest BCUT2D eigenvalue weighted by Gasteiger charge is 2.22. The molecule has 0 radical (unpaired) electrons. The molecule has 0 N–H and O–H groups in total. The summed E-state index contributed by atoms with van der Waals surface area (Å²) in [5.41, 5.74) is 3.73. The normalized spacial score (nSPS) is 13.4. The Morgan fingerprint density at radius 1 is 1.19 bits per heavy atom. The molecule has 0 spiro atoms. The van der Waals surface area contributed by atoms with E-state index < -0.39 is 5.97 Å². The molecular formula is C21H21N3O3. The van der Waals surface area contributed by atoms with Crippen molar-refractivity contribution in [2.45, 2.75) is 12.8 Å². The number of aryl methyl sites for hydroxylation is 1. The van der Waals surface area contributed by atoms with Crippen molar-refractivity contribution in [2.75, 3.05) is 13.7 Å². The maximum atomic E-state index is 11.8. The van der Waals surface area contributed by atoms with Gasteiger partial charge in [0.15, 0.2) is 0 Å². The van der Waals surface area contributed by atoms with E-state index in [4.69, 9.17) is 9.47 Å². The number of hydrogen-bond acceptors (Lipinski definition) is 5. The van der Waals surface area contributed by atoms with Crippen LogP contribution < -0.4 is 4.74 Å². The molecule has 2 heterocycles. The van der Waals surface area contributed by atoms with Gasteiger partial charge in [0.2, 0.25) is 0 Å². The fourth-order valence-electron chi connectivity index (χ4n) is 2.97. The van der Waals surface area contributed by atoms with Gasteiger partial charge in [-0.2, -0.15) is 0 Å². The Kier molecular flexibility index (Phi) is 4.62. The fraction of sp³-hybridized carbons (Fsp3) is 0.286. The number of methoxy groups -OCH3 is 1. The maximum Gasteiger partial charge on any atom is 0.337 e. The molecule has 0 aliphatic heterocycles. The maximum absolute atomic E-state index is 11.8. The molecule has 0 bridgehead atoms. The van der Waals surface area contributed by atoms with E-state index in [1.165, 1.54) is 20.0 Å². The van der Waals surface area contributed by atoms with E-state index >= 15 is 0 Å². The minimum absolute atomic E-state index is 0.395. The van der Waals surface area contributed by atoms with Crippen LogP contribution in [0.1, 0.15) is 23.2 Å². The van der Waals surface area contributed by atoms with E-state index in [1.807, 2.05) is 35.9 Å². The van der Waals surface area contributed by atoms with Crippen molar-refractivity contribution in [1.29, 1.82) is 0 Å². The predicted molar refractivity (Wildman–Crippen MR) is 101 cm³/mol. The monoisotopic (exact) mass is 363 g/mol. The number of carbonyl (C=O) groups is 1. The summed E-state index contributed by atoms with van der Waals surface area (Å²) < 4.78 is 12.6. The second-order valence-corrected chi connectivity index (χ2v) is 6.75. The van der Waals surface area contributed by atoms with Gasteiger partial charge in [0, 0.05) is 18.8 Å². The number of ether oxygens (including phenoxy) is 2. The van der Waals surface area contributed by atoms with Gasteiger partial charge in [-0.05, 0) is 55.2 Å². The molecule has 1 fully saturated rings. The first kappa shape index (κ1) is 17.3. The third-order valence-electron chi connectivity index (χ3n) is 4.67.